The fourth-order valence-corrected chi connectivity index (χ4v) is 2.31. The van der Waals surface area contributed by atoms with E-state index in [-0.39, 0.29) is 0 Å². The van der Waals surface area contributed by atoms with Gasteiger partial charge in [-0.1, -0.05) is 27.2 Å². The molecule has 2 atom stereocenters. The van der Waals surface area contributed by atoms with Crippen LogP contribution in [0.1, 0.15) is 46.5 Å². The van der Waals surface area contributed by atoms with Crippen LogP contribution >= 0.6 is 0 Å². The third-order valence-electron chi connectivity index (χ3n) is 3.33. The van der Waals surface area contributed by atoms with Crippen LogP contribution in [0, 0.1) is 5.41 Å². The van der Waals surface area contributed by atoms with E-state index >= 15 is 0 Å². The fraction of sp³-hybridized carbons (Fsp3) is 1.00. The summed E-state index contributed by atoms with van der Waals surface area (Å²) in [5, 5.41) is 7.07. The molecule has 2 heteroatoms. The van der Waals surface area contributed by atoms with Crippen molar-refractivity contribution in [3.8, 4) is 0 Å². The van der Waals surface area contributed by atoms with Gasteiger partial charge in [-0.3, -0.25) is 0 Å². The summed E-state index contributed by atoms with van der Waals surface area (Å²) in [4.78, 5) is 0. The van der Waals surface area contributed by atoms with Crippen molar-refractivity contribution >= 4 is 0 Å². The molecule has 0 aromatic heterocycles. The summed E-state index contributed by atoms with van der Waals surface area (Å²) in [6, 6.07) is 1.36. The molecule has 1 aliphatic heterocycles. The second-order valence-corrected chi connectivity index (χ2v) is 5.59. The van der Waals surface area contributed by atoms with Gasteiger partial charge in [-0.2, -0.15) is 0 Å². The van der Waals surface area contributed by atoms with E-state index in [0.29, 0.717) is 11.5 Å². The average molecular weight is 198 g/mol. The third-order valence-corrected chi connectivity index (χ3v) is 3.33. The van der Waals surface area contributed by atoms with Crippen LogP contribution in [0.4, 0.5) is 0 Å². The Bertz CT molecular complexity index is 154. The number of hydrogen-bond acceptors (Lipinski definition) is 2. The molecule has 84 valence electrons. The van der Waals surface area contributed by atoms with E-state index in [2.05, 4.69) is 38.5 Å². The number of rotatable bonds is 3. The Labute approximate surface area is 88.8 Å². The van der Waals surface area contributed by atoms with E-state index in [1.807, 2.05) is 0 Å². The van der Waals surface area contributed by atoms with E-state index in [1.165, 1.54) is 32.2 Å². The van der Waals surface area contributed by atoms with Gasteiger partial charge in [-0.05, 0) is 38.3 Å². The van der Waals surface area contributed by atoms with E-state index in [1.54, 1.807) is 0 Å². The highest BCUT2D eigenvalue weighted by Gasteiger charge is 2.26. The van der Waals surface area contributed by atoms with E-state index < -0.39 is 0 Å². The van der Waals surface area contributed by atoms with Gasteiger partial charge in [0.1, 0.15) is 0 Å². The minimum Gasteiger partial charge on any atom is -0.316 e. The van der Waals surface area contributed by atoms with Crippen LogP contribution in [0.25, 0.3) is 0 Å². The normalized spacial score (nSPS) is 26.1. The van der Waals surface area contributed by atoms with Gasteiger partial charge in [0.05, 0.1) is 0 Å². The summed E-state index contributed by atoms with van der Waals surface area (Å²) >= 11 is 0. The lowest BCUT2D eigenvalue weighted by Crippen LogP contribution is -2.45. The first-order valence-corrected chi connectivity index (χ1v) is 5.94. The summed E-state index contributed by atoms with van der Waals surface area (Å²) in [7, 11) is 2.08. The van der Waals surface area contributed by atoms with Gasteiger partial charge in [0.25, 0.3) is 0 Å². The van der Waals surface area contributed by atoms with Gasteiger partial charge >= 0.3 is 0 Å². The Morgan fingerprint density at radius 1 is 1.36 bits per heavy atom. The molecule has 1 fully saturated rings. The van der Waals surface area contributed by atoms with Gasteiger partial charge in [-0.15, -0.1) is 0 Å². The van der Waals surface area contributed by atoms with Crippen molar-refractivity contribution < 1.29 is 0 Å². The Balaban J connectivity index is 2.39. The van der Waals surface area contributed by atoms with Crippen molar-refractivity contribution in [3.05, 3.63) is 0 Å². The van der Waals surface area contributed by atoms with Crippen LogP contribution in [-0.4, -0.2) is 25.7 Å². The molecule has 1 saturated heterocycles. The van der Waals surface area contributed by atoms with Crippen molar-refractivity contribution in [1.82, 2.24) is 10.6 Å². The predicted octanol–water partition coefficient (Wildman–Crippen LogP) is 2.15. The molecule has 1 heterocycles. The maximum absolute atomic E-state index is 3.62. The van der Waals surface area contributed by atoms with Crippen LogP contribution in [0.5, 0.6) is 0 Å². The molecule has 1 rings (SSSR count). The highest BCUT2D eigenvalue weighted by Crippen LogP contribution is 2.24. The van der Waals surface area contributed by atoms with Gasteiger partial charge < -0.3 is 10.6 Å². The monoisotopic (exact) mass is 198 g/mol. The minimum atomic E-state index is 0.369. The standard InChI is InChI=1S/C12H26N2/c1-12(2,3)11(13-4)9-10-7-5-6-8-14-10/h10-11,13-14H,5-9H2,1-4H3. The summed E-state index contributed by atoms with van der Waals surface area (Å²) < 4.78 is 0. The van der Waals surface area contributed by atoms with Crippen molar-refractivity contribution in [2.75, 3.05) is 13.6 Å². The zero-order valence-corrected chi connectivity index (χ0v) is 10.2. The Morgan fingerprint density at radius 3 is 2.50 bits per heavy atom. The molecule has 1 aliphatic rings. The lowest BCUT2D eigenvalue weighted by Gasteiger charge is -2.35. The summed E-state index contributed by atoms with van der Waals surface area (Å²) in [6.07, 6.45) is 5.38. The maximum Gasteiger partial charge on any atom is 0.0127 e. The maximum atomic E-state index is 3.62. The summed E-state index contributed by atoms with van der Waals surface area (Å²) in [5.74, 6) is 0. The zero-order chi connectivity index (χ0) is 10.6. The molecule has 0 aromatic rings. The van der Waals surface area contributed by atoms with E-state index in [9.17, 15) is 0 Å². The van der Waals surface area contributed by atoms with Crippen LogP contribution in [-0.2, 0) is 0 Å². The van der Waals surface area contributed by atoms with Gasteiger partial charge in [-0.25, -0.2) is 0 Å². The van der Waals surface area contributed by atoms with Crippen molar-refractivity contribution in [3.63, 3.8) is 0 Å². The molecule has 2 unspecified atom stereocenters. The van der Waals surface area contributed by atoms with Gasteiger partial charge in [0, 0.05) is 12.1 Å². The number of hydrogen-bond donors (Lipinski definition) is 2. The molecule has 0 aromatic carbocycles. The molecular weight excluding hydrogens is 172 g/mol. The fourth-order valence-electron chi connectivity index (χ4n) is 2.31. The van der Waals surface area contributed by atoms with Crippen LogP contribution in [0.3, 0.4) is 0 Å². The average Bonchev–Trinajstić information content (AvgIpc) is 2.14. The largest absolute Gasteiger partial charge is 0.316 e. The lowest BCUT2D eigenvalue weighted by atomic mass is 9.82. The molecule has 0 bridgehead atoms. The number of piperidine rings is 1. The summed E-state index contributed by atoms with van der Waals surface area (Å²) in [5.41, 5.74) is 0.369. The van der Waals surface area contributed by atoms with Gasteiger partial charge in [0.2, 0.25) is 0 Å². The molecule has 0 aliphatic carbocycles. The second-order valence-electron chi connectivity index (χ2n) is 5.59. The van der Waals surface area contributed by atoms with Gasteiger partial charge in [0.15, 0.2) is 0 Å². The quantitative estimate of drug-likeness (QED) is 0.726. The first-order chi connectivity index (χ1) is 6.54. The van der Waals surface area contributed by atoms with Crippen molar-refractivity contribution in [1.29, 1.82) is 0 Å². The Hall–Kier alpha value is -0.0800. The molecule has 2 N–H and O–H groups in total. The molecule has 0 amide bonds. The minimum absolute atomic E-state index is 0.369. The molecular formula is C12H26N2. The Morgan fingerprint density at radius 2 is 2.07 bits per heavy atom. The van der Waals surface area contributed by atoms with E-state index in [0.717, 1.165) is 6.04 Å². The second kappa shape index (κ2) is 5.13. The molecule has 0 saturated carbocycles. The third kappa shape index (κ3) is 3.58. The Kier molecular flexibility index (Phi) is 4.39. The summed E-state index contributed by atoms with van der Waals surface area (Å²) in [6.45, 7) is 8.16. The smallest absolute Gasteiger partial charge is 0.0127 e. The van der Waals surface area contributed by atoms with Crippen LogP contribution in [0.15, 0.2) is 0 Å². The SMILES string of the molecule is CNC(CC1CCCCN1)C(C)(C)C. The molecule has 0 spiro atoms. The first kappa shape index (κ1) is 12.0. The zero-order valence-electron chi connectivity index (χ0n) is 10.2. The highest BCUT2D eigenvalue weighted by molar-refractivity contribution is 4.85. The molecule has 14 heavy (non-hydrogen) atoms. The number of nitrogens with one attached hydrogen (secondary N) is 2. The predicted molar refractivity (Wildman–Crippen MR) is 62.6 cm³/mol. The topological polar surface area (TPSA) is 24.1 Å². The highest BCUT2D eigenvalue weighted by atomic mass is 15.0. The van der Waals surface area contributed by atoms with Crippen molar-refractivity contribution in [2.45, 2.75) is 58.5 Å². The van der Waals surface area contributed by atoms with Crippen LogP contribution < -0.4 is 10.6 Å². The first-order valence-electron chi connectivity index (χ1n) is 5.94. The molecule has 0 radical (unpaired) electrons. The van der Waals surface area contributed by atoms with E-state index in [4.69, 9.17) is 0 Å². The van der Waals surface area contributed by atoms with Crippen molar-refractivity contribution in [2.24, 2.45) is 5.41 Å². The van der Waals surface area contributed by atoms with Crippen LogP contribution in [0.2, 0.25) is 0 Å². The molecule has 2 nitrogen and oxygen atoms in total. The lowest BCUT2D eigenvalue weighted by molar-refractivity contribution is 0.230.